The van der Waals surface area contributed by atoms with Gasteiger partial charge in [-0.15, -0.1) is 0 Å². The van der Waals surface area contributed by atoms with Gasteiger partial charge < -0.3 is 14.4 Å². The van der Waals surface area contributed by atoms with Crippen LogP contribution in [0, 0.1) is 17.1 Å². The maximum absolute atomic E-state index is 14.5. The van der Waals surface area contributed by atoms with E-state index in [-0.39, 0.29) is 18.4 Å². The number of ether oxygens (including phenoxy) is 1. The largest absolute Gasteiger partial charge is 0.460 e. The Bertz CT molecular complexity index is 894. The Labute approximate surface area is 150 Å². The van der Waals surface area contributed by atoms with E-state index in [9.17, 15) is 14.3 Å². The summed E-state index contributed by atoms with van der Waals surface area (Å²) in [6, 6.07) is 5.59. The molecule has 3 rings (SSSR count). The Hall–Kier alpha value is -2.72. The van der Waals surface area contributed by atoms with Gasteiger partial charge in [0.05, 0.1) is 42.3 Å². The molecule has 1 aliphatic rings. The van der Waals surface area contributed by atoms with Crippen LogP contribution in [0.4, 0.5) is 4.39 Å². The van der Waals surface area contributed by atoms with E-state index in [2.05, 4.69) is 4.98 Å². The number of aromatic nitrogens is 2. The Balaban J connectivity index is 1.91. The molecule has 0 bridgehead atoms. The number of hydrogen-bond acceptors (Lipinski definition) is 5. The third kappa shape index (κ3) is 3.33. The highest BCUT2D eigenvalue weighted by molar-refractivity contribution is 5.71. The van der Waals surface area contributed by atoms with Gasteiger partial charge in [0.1, 0.15) is 17.0 Å². The van der Waals surface area contributed by atoms with Gasteiger partial charge in [0, 0.05) is 12.0 Å². The van der Waals surface area contributed by atoms with Crippen molar-refractivity contribution in [1.82, 2.24) is 9.55 Å². The van der Waals surface area contributed by atoms with E-state index in [1.165, 1.54) is 24.7 Å². The molecule has 0 saturated carbocycles. The minimum Gasteiger partial charge on any atom is -0.460 e. The molecule has 0 aliphatic carbocycles. The van der Waals surface area contributed by atoms with Crippen molar-refractivity contribution in [3.8, 4) is 6.07 Å². The molecule has 1 aromatic carbocycles. The lowest BCUT2D eigenvalue weighted by Gasteiger charge is -2.25. The number of carbonyl (C=O) groups is 1. The van der Waals surface area contributed by atoms with E-state index < -0.39 is 29.0 Å². The molecular formula is C19H20FN3O3. The molecule has 2 atom stereocenters. The SMILES string of the molecule is CC(C)(C)OC(=O)CC1(O)C[C@H](c2ccc(C#N)cc2F)n2cncc21. The number of halogens is 1. The first kappa shape index (κ1) is 18.1. The minimum absolute atomic E-state index is 0.118. The van der Waals surface area contributed by atoms with E-state index in [4.69, 9.17) is 10.00 Å². The molecule has 1 unspecified atom stereocenters. The molecule has 2 aromatic rings. The highest BCUT2D eigenvalue weighted by atomic mass is 19.1. The van der Waals surface area contributed by atoms with Crippen molar-refractivity contribution in [3.63, 3.8) is 0 Å². The number of rotatable bonds is 3. The van der Waals surface area contributed by atoms with E-state index in [1.807, 2.05) is 6.07 Å². The number of carbonyl (C=O) groups excluding carboxylic acids is 1. The molecule has 0 saturated heterocycles. The predicted octanol–water partition coefficient (Wildman–Crippen LogP) is 2.81. The van der Waals surface area contributed by atoms with Crippen molar-refractivity contribution in [2.24, 2.45) is 0 Å². The molecule has 0 fully saturated rings. The molecule has 0 spiro atoms. The first-order valence-corrected chi connectivity index (χ1v) is 8.29. The van der Waals surface area contributed by atoms with Gasteiger partial charge in [-0.25, -0.2) is 9.37 Å². The summed E-state index contributed by atoms with van der Waals surface area (Å²) < 4.78 is 21.4. The maximum atomic E-state index is 14.5. The number of benzene rings is 1. The first-order valence-electron chi connectivity index (χ1n) is 8.29. The zero-order chi connectivity index (χ0) is 19.1. The zero-order valence-corrected chi connectivity index (χ0v) is 14.9. The number of nitriles is 1. The van der Waals surface area contributed by atoms with Gasteiger partial charge in [0.15, 0.2) is 0 Å². The Kier molecular flexibility index (Phi) is 4.32. The molecular weight excluding hydrogens is 337 g/mol. The van der Waals surface area contributed by atoms with Crippen LogP contribution in [0.3, 0.4) is 0 Å². The fourth-order valence-corrected chi connectivity index (χ4v) is 3.34. The quantitative estimate of drug-likeness (QED) is 0.854. The molecule has 7 heteroatoms. The second kappa shape index (κ2) is 6.22. The Morgan fingerprint density at radius 2 is 2.27 bits per heavy atom. The van der Waals surface area contributed by atoms with Gasteiger partial charge in [0.25, 0.3) is 0 Å². The van der Waals surface area contributed by atoms with Crippen molar-refractivity contribution in [3.05, 3.63) is 53.4 Å². The zero-order valence-electron chi connectivity index (χ0n) is 14.9. The normalized spacial score (nSPS) is 21.9. The average molecular weight is 357 g/mol. The van der Waals surface area contributed by atoms with Gasteiger partial charge in [-0.3, -0.25) is 4.79 Å². The van der Waals surface area contributed by atoms with Crippen molar-refractivity contribution >= 4 is 5.97 Å². The van der Waals surface area contributed by atoms with Crippen molar-refractivity contribution in [2.45, 2.75) is 50.9 Å². The van der Waals surface area contributed by atoms with Crippen LogP contribution in [0.15, 0.2) is 30.7 Å². The number of imidazole rings is 1. The number of hydrogen-bond donors (Lipinski definition) is 1. The summed E-state index contributed by atoms with van der Waals surface area (Å²) in [4.78, 5) is 16.3. The van der Waals surface area contributed by atoms with Crippen molar-refractivity contribution in [1.29, 1.82) is 5.26 Å². The monoisotopic (exact) mass is 357 g/mol. The first-order chi connectivity index (χ1) is 12.1. The highest BCUT2D eigenvalue weighted by Crippen LogP contribution is 2.45. The van der Waals surface area contributed by atoms with E-state index >= 15 is 0 Å². The molecule has 0 amide bonds. The van der Waals surface area contributed by atoms with E-state index in [0.717, 1.165) is 6.07 Å². The van der Waals surface area contributed by atoms with E-state index in [1.54, 1.807) is 25.3 Å². The summed E-state index contributed by atoms with van der Waals surface area (Å²) in [5, 5.41) is 20.0. The van der Waals surface area contributed by atoms with Crippen LogP contribution < -0.4 is 0 Å². The summed E-state index contributed by atoms with van der Waals surface area (Å²) in [6.07, 6.45) is 2.86. The minimum atomic E-state index is -1.50. The molecule has 136 valence electrons. The summed E-state index contributed by atoms with van der Waals surface area (Å²) in [5.74, 6) is -1.07. The fraction of sp³-hybridized carbons (Fsp3) is 0.421. The molecule has 1 aromatic heterocycles. The number of aliphatic hydroxyl groups is 1. The smallest absolute Gasteiger partial charge is 0.309 e. The summed E-state index contributed by atoms with van der Waals surface area (Å²) >= 11 is 0. The molecule has 0 radical (unpaired) electrons. The molecule has 1 N–H and O–H groups in total. The van der Waals surface area contributed by atoms with E-state index in [0.29, 0.717) is 11.3 Å². The standard InChI is InChI=1S/C19H20FN3O3/c1-18(2,3)26-17(24)8-19(25)7-15(23-11-22-10-16(19)23)13-5-4-12(9-21)6-14(13)20/h4-6,10-11,15,25H,7-8H2,1-3H3/t15-,19?/m1/s1. The Morgan fingerprint density at radius 1 is 1.54 bits per heavy atom. The fourth-order valence-electron chi connectivity index (χ4n) is 3.34. The summed E-state index contributed by atoms with van der Waals surface area (Å²) in [6.45, 7) is 5.26. The van der Waals surface area contributed by atoms with Crippen LogP contribution in [-0.4, -0.2) is 26.2 Å². The maximum Gasteiger partial charge on any atom is 0.309 e. The van der Waals surface area contributed by atoms with Gasteiger partial charge >= 0.3 is 5.97 Å². The lowest BCUT2D eigenvalue weighted by atomic mass is 9.90. The van der Waals surface area contributed by atoms with Gasteiger partial charge in [-0.2, -0.15) is 5.26 Å². The van der Waals surface area contributed by atoms with Crippen LogP contribution in [-0.2, 0) is 15.1 Å². The number of nitrogens with zero attached hydrogens (tertiary/aromatic N) is 3. The average Bonchev–Trinajstić information content (AvgIpc) is 3.09. The van der Waals surface area contributed by atoms with Crippen molar-refractivity contribution < 1.29 is 19.0 Å². The lowest BCUT2D eigenvalue weighted by molar-refractivity contribution is -0.160. The number of esters is 1. The van der Waals surface area contributed by atoms with Crippen LogP contribution >= 0.6 is 0 Å². The van der Waals surface area contributed by atoms with Crippen molar-refractivity contribution in [2.75, 3.05) is 0 Å². The molecule has 1 aliphatic heterocycles. The summed E-state index contributed by atoms with van der Waals surface area (Å²) in [5.41, 5.74) is -1.16. The third-order valence-electron chi connectivity index (χ3n) is 4.36. The van der Waals surface area contributed by atoms with Gasteiger partial charge in [-0.1, -0.05) is 6.07 Å². The topological polar surface area (TPSA) is 88.1 Å². The molecule has 26 heavy (non-hydrogen) atoms. The second-order valence-electron chi connectivity index (χ2n) is 7.55. The van der Waals surface area contributed by atoms with Crippen LogP contribution in [0.25, 0.3) is 0 Å². The van der Waals surface area contributed by atoms with Gasteiger partial charge in [0.2, 0.25) is 0 Å². The van der Waals surface area contributed by atoms with Crippen LogP contribution in [0.1, 0.15) is 56.5 Å². The summed E-state index contributed by atoms with van der Waals surface area (Å²) in [7, 11) is 0. The van der Waals surface area contributed by atoms with Gasteiger partial charge in [-0.05, 0) is 32.9 Å². The molecule has 2 heterocycles. The number of fused-ring (bicyclic) bond motifs is 1. The Morgan fingerprint density at radius 3 is 2.88 bits per heavy atom. The molecule has 6 nitrogen and oxygen atoms in total. The lowest BCUT2D eigenvalue weighted by Crippen LogP contribution is -2.31. The third-order valence-corrected chi connectivity index (χ3v) is 4.36. The van der Waals surface area contributed by atoms with Crippen LogP contribution in [0.5, 0.6) is 0 Å². The highest BCUT2D eigenvalue weighted by Gasteiger charge is 2.46. The predicted molar refractivity (Wildman–Crippen MR) is 90.5 cm³/mol. The second-order valence-corrected chi connectivity index (χ2v) is 7.55. The van der Waals surface area contributed by atoms with Crippen LogP contribution in [0.2, 0.25) is 0 Å².